The molecule has 1 N–H and O–H groups in total. The van der Waals surface area contributed by atoms with E-state index in [1.165, 1.54) is 5.56 Å². The first-order chi connectivity index (χ1) is 13.7. The van der Waals surface area contributed by atoms with Gasteiger partial charge in [0.05, 0.1) is 6.61 Å². The van der Waals surface area contributed by atoms with E-state index in [-0.39, 0.29) is 6.10 Å². The number of hydrogen-bond donors (Lipinski definition) is 1. The van der Waals surface area contributed by atoms with E-state index in [2.05, 4.69) is 41.3 Å². The summed E-state index contributed by atoms with van der Waals surface area (Å²) >= 11 is 0. The Morgan fingerprint density at radius 1 is 0.821 bits per heavy atom. The molecule has 1 fully saturated rings. The Morgan fingerprint density at radius 2 is 1.39 bits per heavy atom. The van der Waals surface area contributed by atoms with Crippen LogP contribution >= 0.6 is 0 Å². The second kappa shape index (κ2) is 8.70. The average Bonchev–Trinajstić information content (AvgIpc) is 2.76. The van der Waals surface area contributed by atoms with Crippen LogP contribution in [0.2, 0.25) is 0 Å². The minimum Gasteiger partial charge on any atom is -0.382 e. The fraction of sp³-hybridized carbons (Fsp3) is 0.280. The van der Waals surface area contributed by atoms with Crippen molar-refractivity contribution < 1.29 is 9.84 Å². The van der Waals surface area contributed by atoms with Gasteiger partial charge >= 0.3 is 0 Å². The van der Waals surface area contributed by atoms with E-state index in [9.17, 15) is 5.11 Å². The maximum atomic E-state index is 11.9. The van der Waals surface area contributed by atoms with Crippen molar-refractivity contribution >= 4 is 0 Å². The normalized spacial score (nSPS) is 19.8. The van der Waals surface area contributed by atoms with Gasteiger partial charge in [0, 0.05) is 26.1 Å². The van der Waals surface area contributed by atoms with Crippen LogP contribution in [0.15, 0.2) is 91.0 Å². The largest absolute Gasteiger partial charge is 0.382 e. The Kier molecular flexibility index (Phi) is 5.87. The first-order valence-corrected chi connectivity index (χ1v) is 9.94. The quantitative estimate of drug-likeness (QED) is 0.708. The second-order valence-electron chi connectivity index (χ2n) is 7.53. The molecule has 0 spiro atoms. The third-order valence-electron chi connectivity index (χ3n) is 5.52. The van der Waals surface area contributed by atoms with Gasteiger partial charge in [-0.25, -0.2) is 0 Å². The molecule has 0 radical (unpaired) electrons. The van der Waals surface area contributed by atoms with Crippen molar-refractivity contribution in [2.24, 2.45) is 0 Å². The van der Waals surface area contributed by atoms with Crippen LogP contribution in [0.25, 0.3) is 0 Å². The molecule has 1 heterocycles. The molecule has 0 aromatic heterocycles. The molecule has 144 valence electrons. The molecule has 2 atom stereocenters. The Morgan fingerprint density at radius 3 is 2.04 bits per heavy atom. The summed E-state index contributed by atoms with van der Waals surface area (Å²) in [6.45, 7) is 3.08. The van der Waals surface area contributed by atoms with Crippen LogP contribution in [0.1, 0.15) is 16.7 Å². The molecule has 0 amide bonds. The first-order valence-electron chi connectivity index (χ1n) is 9.94. The molecule has 0 unspecified atom stereocenters. The molecule has 3 nitrogen and oxygen atoms in total. The summed E-state index contributed by atoms with van der Waals surface area (Å²) < 4.78 is 6.15. The van der Waals surface area contributed by atoms with Crippen molar-refractivity contribution in [2.75, 3.05) is 19.7 Å². The smallest absolute Gasteiger partial charge is 0.121 e. The molecular weight excluding hydrogens is 346 g/mol. The van der Waals surface area contributed by atoms with E-state index in [0.717, 1.165) is 24.2 Å². The standard InChI is InChI=1S/C25H27NO2/c27-25(23-14-8-3-9-15-23,18-21-10-4-1-5-11-21)24-20-26(16-17-28-24)19-22-12-6-2-7-13-22/h1-15,24,27H,16-20H2/t24-,25+/m0/s1. The van der Waals surface area contributed by atoms with Crippen molar-refractivity contribution in [3.05, 3.63) is 108 Å². The highest BCUT2D eigenvalue weighted by Gasteiger charge is 2.42. The van der Waals surface area contributed by atoms with Crippen LogP contribution in [-0.4, -0.2) is 35.8 Å². The Balaban J connectivity index is 1.58. The predicted molar refractivity (Wildman–Crippen MR) is 112 cm³/mol. The molecule has 1 aliphatic heterocycles. The number of ether oxygens (including phenoxy) is 1. The van der Waals surface area contributed by atoms with E-state index in [4.69, 9.17) is 4.74 Å². The van der Waals surface area contributed by atoms with Gasteiger partial charge in [-0.3, -0.25) is 4.90 Å². The number of aliphatic hydroxyl groups is 1. The van der Waals surface area contributed by atoms with E-state index in [1.807, 2.05) is 54.6 Å². The fourth-order valence-electron chi connectivity index (χ4n) is 4.01. The summed E-state index contributed by atoms with van der Waals surface area (Å²) in [6.07, 6.45) is 0.245. The van der Waals surface area contributed by atoms with Crippen molar-refractivity contribution in [3.63, 3.8) is 0 Å². The summed E-state index contributed by atoms with van der Waals surface area (Å²) in [6, 6.07) is 30.6. The van der Waals surface area contributed by atoms with E-state index < -0.39 is 5.60 Å². The summed E-state index contributed by atoms with van der Waals surface area (Å²) in [5.74, 6) is 0. The van der Waals surface area contributed by atoms with Gasteiger partial charge in [0.2, 0.25) is 0 Å². The minimum atomic E-state index is -1.07. The van der Waals surface area contributed by atoms with Gasteiger partial charge in [-0.1, -0.05) is 91.0 Å². The zero-order chi connectivity index (χ0) is 19.2. The molecule has 1 aliphatic rings. The van der Waals surface area contributed by atoms with E-state index in [0.29, 0.717) is 19.6 Å². The van der Waals surface area contributed by atoms with Gasteiger partial charge in [-0.15, -0.1) is 0 Å². The highest BCUT2D eigenvalue weighted by atomic mass is 16.5. The van der Waals surface area contributed by atoms with Gasteiger partial charge in [0.1, 0.15) is 11.7 Å². The maximum Gasteiger partial charge on any atom is 0.121 e. The summed E-state index contributed by atoms with van der Waals surface area (Å²) in [5.41, 5.74) is 2.23. The summed E-state index contributed by atoms with van der Waals surface area (Å²) in [4.78, 5) is 2.38. The van der Waals surface area contributed by atoms with Crippen LogP contribution in [-0.2, 0) is 23.3 Å². The van der Waals surface area contributed by atoms with Crippen molar-refractivity contribution in [1.82, 2.24) is 4.90 Å². The van der Waals surface area contributed by atoms with Crippen LogP contribution in [0.4, 0.5) is 0 Å². The van der Waals surface area contributed by atoms with Gasteiger partial charge in [-0.05, 0) is 16.7 Å². The Hall–Kier alpha value is -2.46. The zero-order valence-corrected chi connectivity index (χ0v) is 16.1. The number of nitrogens with zero attached hydrogens (tertiary/aromatic N) is 1. The SMILES string of the molecule is O[C@](Cc1ccccc1)(c1ccccc1)[C@@H]1CN(Cc2ccccc2)CCO1. The lowest BCUT2D eigenvalue weighted by molar-refractivity contribution is -0.149. The first kappa shape index (κ1) is 18.9. The molecule has 0 bridgehead atoms. The average molecular weight is 373 g/mol. The van der Waals surface area contributed by atoms with Crippen LogP contribution in [0, 0.1) is 0 Å². The summed E-state index contributed by atoms with van der Waals surface area (Å²) in [7, 11) is 0. The molecule has 4 rings (SSSR count). The van der Waals surface area contributed by atoms with Crippen LogP contribution in [0.3, 0.4) is 0 Å². The van der Waals surface area contributed by atoms with Crippen LogP contribution < -0.4 is 0 Å². The van der Waals surface area contributed by atoms with Gasteiger partial charge in [0.15, 0.2) is 0 Å². The highest BCUT2D eigenvalue weighted by molar-refractivity contribution is 5.29. The molecule has 0 saturated carbocycles. The molecule has 3 heteroatoms. The van der Waals surface area contributed by atoms with Crippen molar-refractivity contribution in [1.29, 1.82) is 0 Å². The maximum absolute atomic E-state index is 11.9. The van der Waals surface area contributed by atoms with Gasteiger partial charge in [-0.2, -0.15) is 0 Å². The molecule has 0 aliphatic carbocycles. The predicted octanol–water partition coefficient (Wildman–Crippen LogP) is 4.02. The third-order valence-corrected chi connectivity index (χ3v) is 5.52. The zero-order valence-electron chi connectivity index (χ0n) is 16.1. The fourth-order valence-corrected chi connectivity index (χ4v) is 4.01. The molecule has 3 aromatic rings. The van der Waals surface area contributed by atoms with Gasteiger partial charge < -0.3 is 9.84 Å². The minimum absolute atomic E-state index is 0.285. The molecule has 3 aromatic carbocycles. The van der Waals surface area contributed by atoms with Crippen molar-refractivity contribution in [3.8, 4) is 0 Å². The Labute approximate surface area is 167 Å². The number of hydrogen-bond acceptors (Lipinski definition) is 3. The lowest BCUT2D eigenvalue weighted by Crippen LogP contribution is -2.53. The molecule has 1 saturated heterocycles. The summed E-state index contributed by atoms with van der Waals surface area (Å²) in [5, 5.41) is 11.9. The number of morpholine rings is 1. The Bertz CT molecular complexity index is 853. The molecular formula is C25H27NO2. The van der Waals surface area contributed by atoms with E-state index in [1.54, 1.807) is 0 Å². The number of benzene rings is 3. The van der Waals surface area contributed by atoms with Crippen LogP contribution in [0.5, 0.6) is 0 Å². The van der Waals surface area contributed by atoms with E-state index >= 15 is 0 Å². The van der Waals surface area contributed by atoms with Crippen molar-refractivity contribution in [2.45, 2.75) is 24.7 Å². The molecule has 28 heavy (non-hydrogen) atoms. The number of rotatable bonds is 6. The monoisotopic (exact) mass is 373 g/mol. The lowest BCUT2D eigenvalue weighted by Gasteiger charge is -2.42. The topological polar surface area (TPSA) is 32.7 Å². The van der Waals surface area contributed by atoms with Gasteiger partial charge in [0.25, 0.3) is 0 Å². The highest BCUT2D eigenvalue weighted by Crippen LogP contribution is 2.33. The lowest BCUT2D eigenvalue weighted by atomic mass is 9.81. The third kappa shape index (κ3) is 4.33. The second-order valence-corrected chi connectivity index (χ2v) is 7.53.